The third kappa shape index (κ3) is 7.65. The number of nitrogens with one attached hydrogen (secondary N) is 1. The van der Waals surface area contributed by atoms with Crippen molar-refractivity contribution in [2.75, 3.05) is 28.2 Å². The molecule has 0 fully saturated rings. The topological polar surface area (TPSA) is 127 Å². The maximum Gasteiger partial charge on any atom is 0.333 e. The molecule has 0 bridgehead atoms. The van der Waals surface area contributed by atoms with E-state index >= 15 is 0 Å². The number of carbonyl (C=O) groups excluding carboxylic acids is 6. The summed E-state index contributed by atoms with van der Waals surface area (Å²) in [6.45, 7) is 7.41. The highest BCUT2D eigenvalue weighted by atomic mass is 16.2. The van der Waals surface area contributed by atoms with Gasteiger partial charge in [0.2, 0.25) is 6.41 Å². The summed E-state index contributed by atoms with van der Waals surface area (Å²) in [5.41, 5.74) is 0. The van der Waals surface area contributed by atoms with E-state index in [4.69, 9.17) is 0 Å². The Morgan fingerprint density at radius 3 is 1.84 bits per heavy atom. The molecule has 0 saturated carbocycles. The van der Waals surface area contributed by atoms with E-state index in [-0.39, 0.29) is 11.8 Å². The van der Waals surface area contributed by atoms with Crippen LogP contribution in [0, 0.1) is 11.8 Å². The van der Waals surface area contributed by atoms with Crippen molar-refractivity contribution in [2.24, 2.45) is 11.8 Å². The van der Waals surface area contributed by atoms with Gasteiger partial charge in [0.15, 0.2) is 0 Å². The molecule has 176 valence electrons. The van der Waals surface area contributed by atoms with Crippen LogP contribution in [-0.4, -0.2) is 96.6 Å². The molecule has 1 N–H and O–H groups in total. The summed E-state index contributed by atoms with van der Waals surface area (Å²) < 4.78 is 0. The van der Waals surface area contributed by atoms with Gasteiger partial charge in [0.1, 0.15) is 12.3 Å². The largest absolute Gasteiger partial charge is 0.336 e. The van der Waals surface area contributed by atoms with Gasteiger partial charge >= 0.3 is 18.1 Å². The number of hydrogen-bond donors (Lipinski definition) is 1. The van der Waals surface area contributed by atoms with Gasteiger partial charge in [-0.1, -0.05) is 34.1 Å². The summed E-state index contributed by atoms with van der Waals surface area (Å²) in [5.74, 6) is -0.719. The van der Waals surface area contributed by atoms with Gasteiger partial charge in [-0.3, -0.25) is 19.8 Å². The summed E-state index contributed by atoms with van der Waals surface area (Å²) >= 11 is 0. The molecule has 11 nitrogen and oxygen atoms in total. The van der Waals surface area contributed by atoms with Crippen molar-refractivity contribution in [3.8, 4) is 0 Å². The quantitative estimate of drug-likeness (QED) is 0.539. The first-order valence-electron chi connectivity index (χ1n) is 10.1. The molecule has 3 atom stereocenters. The monoisotopic (exact) mass is 441 g/mol. The second-order valence-corrected chi connectivity index (χ2v) is 8.01. The molecule has 0 aromatic rings. The molecule has 8 amide bonds. The maximum absolute atomic E-state index is 12.7. The summed E-state index contributed by atoms with van der Waals surface area (Å²) in [5, 5.41) is 1.97. The molecule has 0 spiro atoms. The molecular weight excluding hydrogens is 406 g/mol. The van der Waals surface area contributed by atoms with Crippen LogP contribution < -0.4 is 5.32 Å². The van der Waals surface area contributed by atoms with Gasteiger partial charge in [-0.2, -0.15) is 0 Å². The predicted molar refractivity (Wildman–Crippen MR) is 114 cm³/mol. The molecule has 0 unspecified atom stereocenters. The normalized spacial score (nSPS) is 13.5. The summed E-state index contributed by atoms with van der Waals surface area (Å²) in [6, 6.07) is -4.49. The van der Waals surface area contributed by atoms with Crippen LogP contribution in [0.15, 0.2) is 0 Å². The first kappa shape index (κ1) is 28.0. The van der Waals surface area contributed by atoms with Gasteiger partial charge < -0.3 is 14.6 Å². The average Bonchev–Trinajstić information content (AvgIpc) is 2.74. The molecular formula is C20H35N5O6. The number of rotatable bonds is 9. The Kier molecular flexibility index (Phi) is 11.4. The number of aldehydes is 1. The van der Waals surface area contributed by atoms with Gasteiger partial charge in [-0.15, -0.1) is 0 Å². The number of nitrogens with zero attached hydrogens (tertiary/aromatic N) is 4. The molecule has 0 aromatic heterocycles. The minimum atomic E-state index is -1.06. The summed E-state index contributed by atoms with van der Waals surface area (Å²) in [7, 11) is 5.15. The highest BCUT2D eigenvalue weighted by Crippen LogP contribution is 2.14. The van der Waals surface area contributed by atoms with Crippen LogP contribution in [0.5, 0.6) is 0 Å². The zero-order valence-corrected chi connectivity index (χ0v) is 19.6. The number of urea groups is 3. The Labute approximate surface area is 183 Å². The third-order valence-corrected chi connectivity index (χ3v) is 5.19. The molecule has 0 saturated heterocycles. The Morgan fingerprint density at radius 2 is 1.42 bits per heavy atom. The van der Waals surface area contributed by atoms with Crippen LogP contribution in [0.1, 0.15) is 40.5 Å². The van der Waals surface area contributed by atoms with Crippen LogP contribution in [-0.2, 0) is 14.4 Å². The van der Waals surface area contributed by atoms with Crippen molar-refractivity contribution in [1.82, 2.24) is 24.9 Å². The summed E-state index contributed by atoms with van der Waals surface area (Å²) in [6.07, 6.45) is 2.10. The molecule has 0 radical (unpaired) electrons. The lowest BCUT2D eigenvalue weighted by Gasteiger charge is -2.31. The van der Waals surface area contributed by atoms with Gasteiger partial charge in [0, 0.05) is 28.2 Å². The lowest BCUT2D eigenvalue weighted by molar-refractivity contribution is -0.137. The van der Waals surface area contributed by atoms with Crippen molar-refractivity contribution in [3.63, 3.8) is 0 Å². The van der Waals surface area contributed by atoms with E-state index in [0.717, 1.165) is 16.8 Å². The standard InChI is InChI=1S/C20H35N5O6/c1-9-14(4)16(11-26)23(6)20(31)25(8)19(30)21-18(29)24(7)17(28)15(10-13(2)3)22(5)12-27/h11-16H,9-10H2,1-8H3,(H,21,29,30)/t14-,15-,16+/m0/s1. The number of carbonyl (C=O) groups is 6. The van der Waals surface area contributed by atoms with E-state index in [1.54, 1.807) is 6.92 Å². The number of imide groups is 3. The van der Waals surface area contributed by atoms with E-state index in [9.17, 15) is 28.8 Å². The SMILES string of the molecule is CC[C@H](C)[C@@H](C=O)N(C)C(=O)N(C)C(=O)NC(=O)N(C)C(=O)[C@H](CC(C)C)N(C)C=O. The van der Waals surface area contributed by atoms with E-state index < -0.39 is 36.1 Å². The zero-order chi connectivity index (χ0) is 24.5. The zero-order valence-electron chi connectivity index (χ0n) is 19.6. The van der Waals surface area contributed by atoms with E-state index in [2.05, 4.69) is 0 Å². The number of amides is 8. The van der Waals surface area contributed by atoms with Crippen molar-refractivity contribution in [2.45, 2.75) is 52.6 Å². The maximum atomic E-state index is 12.7. The van der Waals surface area contributed by atoms with E-state index in [1.807, 2.05) is 26.1 Å². The van der Waals surface area contributed by atoms with Crippen LogP contribution in [0.25, 0.3) is 0 Å². The predicted octanol–water partition coefficient (Wildman–Crippen LogP) is 1.37. The lowest BCUT2D eigenvalue weighted by Crippen LogP contribution is -2.56. The smallest absolute Gasteiger partial charge is 0.333 e. The molecule has 0 aliphatic heterocycles. The Hall–Kier alpha value is -2.98. The first-order valence-corrected chi connectivity index (χ1v) is 10.1. The first-order chi connectivity index (χ1) is 14.3. The van der Waals surface area contributed by atoms with Crippen LogP contribution >= 0.6 is 0 Å². The molecule has 31 heavy (non-hydrogen) atoms. The Morgan fingerprint density at radius 1 is 0.903 bits per heavy atom. The fourth-order valence-electron chi connectivity index (χ4n) is 2.84. The highest BCUT2D eigenvalue weighted by molar-refractivity contribution is 6.06. The minimum absolute atomic E-state index is 0.0741. The number of hydrogen-bond acceptors (Lipinski definition) is 6. The van der Waals surface area contributed by atoms with Crippen molar-refractivity contribution in [3.05, 3.63) is 0 Å². The van der Waals surface area contributed by atoms with Crippen LogP contribution in [0.4, 0.5) is 14.4 Å². The van der Waals surface area contributed by atoms with Crippen molar-refractivity contribution < 1.29 is 28.8 Å². The molecule has 0 aliphatic carbocycles. The van der Waals surface area contributed by atoms with E-state index in [1.165, 1.54) is 21.1 Å². The van der Waals surface area contributed by atoms with Gasteiger partial charge in [-0.25, -0.2) is 19.3 Å². The van der Waals surface area contributed by atoms with Crippen LogP contribution in [0.3, 0.4) is 0 Å². The second-order valence-electron chi connectivity index (χ2n) is 8.01. The molecule has 0 aliphatic rings. The fraction of sp³-hybridized carbons (Fsp3) is 0.700. The van der Waals surface area contributed by atoms with Crippen LogP contribution in [0.2, 0.25) is 0 Å². The van der Waals surface area contributed by atoms with Gasteiger partial charge in [0.05, 0.1) is 6.04 Å². The van der Waals surface area contributed by atoms with Crippen molar-refractivity contribution in [1.29, 1.82) is 0 Å². The lowest BCUT2D eigenvalue weighted by atomic mass is 9.99. The summed E-state index contributed by atoms with van der Waals surface area (Å²) in [4.78, 5) is 76.1. The van der Waals surface area contributed by atoms with Gasteiger partial charge in [0.25, 0.3) is 5.91 Å². The molecule has 11 heteroatoms. The molecule has 0 rings (SSSR count). The second kappa shape index (κ2) is 12.7. The molecule has 0 aromatic carbocycles. The highest BCUT2D eigenvalue weighted by Gasteiger charge is 2.33. The number of likely N-dealkylation sites (N-methyl/N-ethyl adjacent to an activating group) is 3. The van der Waals surface area contributed by atoms with Gasteiger partial charge in [-0.05, 0) is 18.3 Å². The minimum Gasteiger partial charge on any atom is -0.336 e. The fourth-order valence-corrected chi connectivity index (χ4v) is 2.84. The van der Waals surface area contributed by atoms with Crippen molar-refractivity contribution >= 4 is 36.7 Å². The van der Waals surface area contributed by atoms with E-state index in [0.29, 0.717) is 35.3 Å². The Bertz CT molecular complexity index is 683. The third-order valence-electron chi connectivity index (χ3n) is 5.19. The average molecular weight is 442 g/mol. The Balaban J connectivity index is 5.26. The molecule has 0 heterocycles.